The van der Waals surface area contributed by atoms with E-state index < -0.39 is 23.8 Å². The summed E-state index contributed by atoms with van der Waals surface area (Å²) in [6, 6.07) is 5.51. The first-order valence-corrected chi connectivity index (χ1v) is 7.65. The Morgan fingerprint density at radius 1 is 1.17 bits per heavy atom. The van der Waals surface area contributed by atoms with Crippen LogP contribution in [0, 0.1) is 5.92 Å². The molecule has 1 aromatic rings. The Labute approximate surface area is 140 Å². The Balaban J connectivity index is 2.73. The van der Waals surface area contributed by atoms with Crippen LogP contribution >= 0.6 is 11.6 Å². The summed E-state index contributed by atoms with van der Waals surface area (Å²) in [7, 11) is 1.45. The Morgan fingerprint density at radius 3 is 2.30 bits per heavy atom. The van der Waals surface area contributed by atoms with Gasteiger partial charge in [-0.25, -0.2) is 4.79 Å². The van der Waals surface area contributed by atoms with Crippen molar-refractivity contribution in [3.8, 4) is 0 Å². The first-order valence-electron chi connectivity index (χ1n) is 7.27. The first-order chi connectivity index (χ1) is 10.8. The monoisotopic (exact) mass is 340 g/mol. The average Bonchev–Trinajstić information content (AvgIpc) is 2.51. The second kappa shape index (κ2) is 9.15. The topological polar surface area (TPSA) is 84.5 Å². The summed E-state index contributed by atoms with van der Waals surface area (Å²) in [5.74, 6) is -1.28. The molecule has 0 radical (unpaired) electrons. The van der Waals surface area contributed by atoms with Gasteiger partial charge in [-0.1, -0.05) is 25.4 Å². The number of halogens is 1. The number of hydrogen-bond donors (Lipinski definition) is 2. The Kier molecular flexibility index (Phi) is 7.54. The number of hydrogen-bond acceptors (Lipinski definition) is 4. The maximum Gasteiger partial charge on any atom is 0.329 e. The van der Waals surface area contributed by atoms with Crippen molar-refractivity contribution in [3.63, 3.8) is 0 Å². The van der Waals surface area contributed by atoms with Crippen molar-refractivity contribution in [2.75, 3.05) is 13.7 Å². The van der Waals surface area contributed by atoms with Crippen LogP contribution in [0.25, 0.3) is 0 Å². The zero-order valence-electron chi connectivity index (χ0n) is 13.4. The van der Waals surface area contributed by atoms with Gasteiger partial charge >= 0.3 is 5.97 Å². The van der Waals surface area contributed by atoms with Gasteiger partial charge in [0.05, 0.1) is 0 Å². The third-order valence-electron chi connectivity index (χ3n) is 3.03. The molecule has 2 N–H and O–H groups in total. The summed E-state index contributed by atoms with van der Waals surface area (Å²) in [5.41, 5.74) is 0.391. The van der Waals surface area contributed by atoms with Gasteiger partial charge in [-0.3, -0.25) is 9.59 Å². The number of benzene rings is 1. The Morgan fingerprint density at radius 2 is 1.78 bits per heavy atom. The molecule has 23 heavy (non-hydrogen) atoms. The summed E-state index contributed by atoms with van der Waals surface area (Å²) in [4.78, 5) is 35.4. The van der Waals surface area contributed by atoms with E-state index >= 15 is 0 Å². The van der Waals surface area contributed by atoms with Gasteiger partial charge in [0.15, 0.2) is 6.61 Å². The second-order valence-corrected chi connectivity index (χ2v) is 5.88. The van der Waals surface area contributed by atoms with E-state index in [-0.39, 0.29) is 12.5 Å². The molecule has 1 rings (SSSR count). The van der Waals surface area contributed by atoms with E-state index in [0.29, 0.717) is 17.0 Å². The number of ether oxygens (including phenoxy) is 1. The largest absolute Gasteiger partial charge is 0.454 e. The zero-order chi connectivity index (χ0) is 17.4. The molecular weight excluding hydrogens is 320 g/mol. The van der Waals surface area contributed by atoms with E-state index in [1.165, 1.54) is 7.05 Å². The quantitative estimate of drug-likeness (QED) is 0.741. The molecule has 0 aromatic heterocycles. The van der Waals surface area contributed by atoms with Crippen molar-refractivity contribution in [3.05, 3.63) is 34.9 Å². The Bertz CT molecular complexity index is 558. The maximum atomic E-state index is 12.2. The molecule has 0 spiro atoms. The van der Waals surface area contributed by atoms with Gasteiger partial charge in [-0.2, -0.15) is 0 Å². The summed E-state index contributed by atoms with van der Waals surface area (Å²) in [6.45, 7) is 3.47. The van der Waals surface area contributed by atoms with Crippen LogP contribution in [0.15, 0.2) is 24.3 Å². The molecule has 0 bridgehead atoms. The van der Waals surface area contributed by atoms with Gasteiger partial charge in [0, 0.05) is 17.6 Å². The number of carbonyl (C=O) groups is 3. The molecule has 7 heteroatoms. The lowest BCUT2D eigenvalue weighted by Gasteiger charge is -2.19. The number of nitrogens with one attached hydrogen (secondary N) is 2. The molecule has 126 valence electrons. The van der Waals surface area contributed by atoms with Crippen LogP contribution in [0.2, 0.25) is 5.02 Å². The molecule has 1 aromatic carbocycles. The predicted molar refractivity (Wildman–Crippen MR) is 87.2 cm³/mol. The van der Waals surface area contributed by atoms with Crippen molar-refractivity contribution >= 4 is 29.4 Å². The van der Waals surface area contributed by atoms with Gasteiger partial charge < -0.3 is 15.4 Å². The molecule has 1 atom stereocenters. The van der Waals surface area contributed by atoms with Crippen LogP contribution in [-0.4, -0.2) is 37.5 Å². The van der Waals surface area contributed by atoms with Gasteiger partial charge in [0.1, 0.15) is 6.04 Å². The minimum Gasteiger partial charge on any atom is -0.454 e. The van der Waals surface area contributed by atoms with Crippen molar-refractivity contribution in [1.82, 2.24) is 10.6 Å². The second-order valence-electron chi connectivity index (χ2n) is 5.44. The van der Waals surface area contributed by atoms with Crippen molar-refractivity contribution in [1.29, 1.82) is 0 Å². The highest BCUT2D eigenvalue weighted by Gasteiger charge is 2.24. The van der Waals surface area contributed by atoms with Crippen LogP contribution in [0.4, 0.5) is 0 Å². The third-order valence-corrected chi connectivity index (χ3v) is 3.28. The summed E-state index contributed by atoms with van der Waals surface area (Å²) in [6.07, 6.45) is 0.409. The number of rotatable bonds is 7. The van der Waals surface area contributed by atoms with Crippen LogP contribution in [0.1, 0.15) is 30.6 Å². The molecule has 0 aliphatic rings. The van der Waals surface area contributed by atoms with Crippen LogP contribution in [0.3, 0.4) is 0 Å². The van der Waals surface area contributed by atoms with Crippen molar-refractivity contribution < 1.29 is 19.1 Å². The molecule has 0 aliphatic heterocycles. The maximum absolute atomic E-state index is 12.2. The first kappa shape index (κ1) is 19.0. The van der Waals surface area contributed by atoms with E-state index in [4.69, 9.17) is 16.3 Å². The summed E-state index contributed by atoms with van der Waals surface area (Å²) >= 11 is 5.78. The normalized spacial score (nSPS) is 11.7. The van der Waals surface area contributed by atoms with Crippen LogP contribution in [0.5, 0.6) is 0 Å². The highest BCUT2D eigenvalue weighted by atomic mass is 35.5. The molecule has 0 fully saturated rings. The standard InChI is InChI=1S/C16H21ClN2O4/c1-10(2)8-13(16(22)23-9-14(20)18-3)19-15(21)11-4-6-12(17)7-5-11/h4-7,10,13H,8-9H2,1-3H3,(H,18,20)(H,19,21)/t13-/m1/s1. The fourth-order valence-corrected chi connectivity index (χ4v) is 1.96. The number of amides is 2. The molecule has 0 saturated carbocycles. The smallest absolute Gasteiger partial charge is 0.329 e. The fourth-order valence-electron chi connectivity index (χ4n) is 1.84. The van der Waals surface area contributed by atoms with E-state index in [9.17, 15) is 14.4 Å². The molecule has 0 heterocycles. The van der Waals surface area contributed by atoms with E-state index in [1.54, 1.807) is 24.3 Å². The van der Waals surface area contributed by atoms with E-state index in [0.717, 1.165) is 0 Å². The summed E-state index contributed by atoms with van der Waals surface area (Å²) < 4.78 is 4.93. The van der Waals surface area contributed by atoms with Gasteiger partial charge in [0.2, 0.25) is 0 Å². The van der Waals surface area contributed by atoms with Crippen LogP contribution in [-0.2, 0) is 14.3 Å². The minimum absolute atomic E-state index is 0.165. The average molecular weight is 341 g/mol. The van der Waals surface area contributed by atoms with Gasteiger partial charge in [0.25, 0.3) is 11.8 Å². The van der Waals surface area contributed by atoms with Gasteiger partial charge in [-0.15, -0.1) is 0 Å². The third kappa shape index (κ3) is 6.69. The van der Waals surface area contributed by atoms with E-state index in [1.807, 2.05) is 13.8 Å². The molecule has 2 amide bonds. The number of esters is 1. The lowest BCUT2D eigenvalue weighted by atomic mass is 10.0. The number of carbonyl (C=O) groups excluding carboxylic acids is 3. The lowest BCUT2D eigenvalue weighted by molar-refractivity contribution is -0.150. The molecule has 0 unspecified atom stereocenters. The zero-order valence-corrected chi connectivity index (χ0v) is 14.1. The molecule has 0 aliphatic carbocycles. The predicted octanol–water partition coefficient (Wildman–Crippen LogP) is 1.77. The SMILES string of the molecule is CNC(=O)COC(=O)[C@@H](CC(C)C)NC(=O)c1ccc(Cl)cc1. The van der Waals surface area contributed by atoms with Crippen molar-refractivity contribution in [2.45, 2.75) is 26.3 Å². The van der Waals surface area contributed by atoms with Crippen LogP contribution < -0.4 is 10.6 Å². The minimum atomic E-state index is -0.817. The highest BCUT2D eigenvalue weighted by Crippen LogP contribution is 2.11. The van der Waals surface area contributed by atoms with Crippen molar-refractivity contribution in [2.24, 2.45) is 5.92 Å². The summed E-state index contributed by atoms with van der Waals surface area (Å²) in [5, 5.41) is 5.51. The molecule has 6 nitrogen and oxygen atoms in total. The Hall–Kier alpha value is -2.08. The molecule has 0 saturated heterocycles. The number of likely N-dealkylation sites (N-methyl/N-ethyl adjacent to an activating group) is 1. The fraction of sp³-hybridized carbons (Fsp3) is 0.438. The van der Waals surface area contributed by atoms with Gasteiger partial charge in [-0.05, 0) is 36.6 Å². The highest BCUT2D eigenvalue weighted by molar-refractivity contribution is 6.30. The van der Waals surface area contributed by atoms with E-state index in [2.05, 4.69) is 10.6 Å². The lowest BCUT2D eigenvalue weighted by Crippen LogP contribution is -2.43. The molecular formula is C16H21ClN2O4.